The first-order valence-electron chi connectivity index (χ1n) is 11.6. The van der Waals surface area contributed by atoms with Crippen LogP contribution in [0.1, 0.15) is 42.4 Å². The number of nitrogens with one attached hydrogen (secondary N) is 1. The normalized spacial score (nSPS) is 11.3. The van der Waals surface area contributed by atoms with Gasteiger partial charge in [0.1, 0.15) is 12.4 Å². The highest BCUT2D eigenvalue weighted by molar-refractivity contribution is 6.32. The predicted octanol–water partition coefficient (Wildman–Crippen LogP) is 4.77. The number of aromatic nitrogens is 2. The van der Waals surface area contributed by atoms with Crippen molar-refractivity contribution in [2.24, 2.45) is 0 Å². The molecular weight excluding hydrogens is 498 g/mol. The summed E-state index contributed by atoms with van der Waals surface area (Å²) in [4.78, 5) is 38.5. The molecule has 0 fully saturated rings. The molecule has 1 N–H and O–H groups in total. The molecule has 3 aromatic rings. The van der Waals surface area contributed by atoms with Crippen molar-refractivity contribution in [1.82, 2.24) is 14.7 Å². The molecule has 2 aromatic carbocycles. The van der Waals surface area contributed by atoms with Gasteiger partial charge >= 0.3 is 0 Å². The van der Waals surface area contributed by atoms with Crippen molar-refractivity contribution in [2.75, 3.05) is 32.1 Å². The lowest BCUT2D eigenvalue weighted by molar-refractivity contribution is -0.385. The number of carbonyl (C=O) groups excluding carboxylic acids is 2. The number of nitro groups is 1. The zero-order chi connectivity index (χ0) is 27.3. The van der Waals surface area contributed by atoms with Crippen LogP contribution in [0.5, 0.6) is 0 Å². The van der Waals surface area contributed by atoms with E-state index in [0.29, 0.717) is 22.1 Å². The summed E-state index contributed by atoms with van der Waals surface area (Å²) in [6, 6.07) is 13.1. The minimum atomic E-state index is -0.541. The molecule has 0 atom stereocenters. The van der Waals surface area contributed by atoms with Crippen molar-refractivity contribution < 1.29 is 19.2 Å². The van der Waals surface area contributed by atoms with Gasteiger partial charge in [0.15, 0.2) is 0 Å². The molecule has 1 aromatic heterocycles. The van der Waals surface area contributed by atoms with Gasteiger partial charge in [-0.05, 0) is 25.1 Å². The quantitative estimate of drug-likeness (QED) is 0.316. The van der Waals surface area contributed by atoms with E-state index < -0.39 is 16.7 Å². The Labute approximate surface area is 220 Å². The molecule has 0 unspecified atom stereocenters. The lowest BCUT2D eigenvalue weighted by Gasteiger charge is -2.22. The minimum Gasteiger partial charge on any atom is -0.383 e. The van der Waals surface area contributed by atoms with Crippen LogP contribution in [-0.2, 0) is 14.9 Å². The maximum atomic E-state index is 13.2. The molecule has 37 heavy (non-hydrogen) atoms. The molecule has 0 aliphatic carbocycles. The molecule has 196 valence electrons. The average Bonchev–Trinajstić information content (AvgIpc) is 3.25. The van der Waals surface area contributed by atoms with Crippen molar-refractivity contribution in [3.05, 3.63) is 80.5 Å². The number of hydrogen-bond donors (Lipinski definition) is 1. The summed E-state index contributed by atoms with van der Waals surface area (Å²) >= 11 is 6.40. The maximum absolute atomic E-state index is 13.2. The van der Waals surface area contributed by atoms with Gasteiger partial charge in [0.25, 0.3) is 11.6 Å². The Balaban J connectivity index is 1.89. The van der Waals surface area contributed by atoms with Gasteiger partial charge in [-0.2, -0.15) is 5.10 Å². The number of nitro benzene ring substituents is 1. The van der Waals surface area contributed by atoms with Crippen LogP contribution in [-0.4, -0.2) is 58.2 Å². The number of rotatable bonds is 9. The van der Waals surface area contributed by atoms with E-state index >= 15 is 0 Å². The van der Waals surface area contributed by atoms with Gasteiger partial charge in [0.05, 0.1) is 27.9 Å². The van der Waals surface area contributed by atoms with Gasteiger partial charge in [0, 0.05) is 42.3 Å². The van der Waals surface area contributed by atoms with Gasteiger partial charge in [-0.3, -0.25) is 19.7 Å². The Morgan fingerprint density at radius 3 is 2.51 bits per heavy atom. The first-order chi connectivity index (χ1) is 17.4. The maximum Gasteiger partial charge on any atom is 0.273 e. The second kappa shape index (κ2) is 11.5. The molecule has 0 saturated heterocycles. The summed E-state index contributed by atoms with van der Waals surface area (Å²) in [5.41, 5.74) is 1.41. The number of anilines is 1. The molecule has 0 saturated carbocycles. The minimum absolute atomic E-state index is 0.109. The Bertz CT molecular complexity index is 1310. The first kappa shape index (κ1) is 27.8. The Kier molecular flexibility index (Phi) is 8.67. The number of aryl methyl sites for hydroxylation is 1. The van der Waals surface area contributed by atoms with Crippen LogP contribution in [0.4, 0.5) is 11.5 Å². The van der Waals surface area contributed by atoms with Crippen LogP contribution < -0.4 is 5.32 Å². The summed E-state index contributed by atoms with van der Waals surface area (Å²) in [7, 11) is 1.48. The highest BCUT2D eigenvalue weighted by Crippen LogP contribution is 2.29. The zero-order valence-corrected chi connectivity index (χ0v) is 22.2. The highest BCUT2D eigenvalue weighted by Gasteiger charge is 2.25. The van der Waals surface area contributed by atoms with Crippen LogP contribution in [0.25, 0.3) is 5.69 Å². The third kappa shape index (κ3) is 6.72. The van der Waals surface area contributed by atoms with Gasteiger partial charge in [-0.25, -0.2) is 4.68 Å². The van der Waals surface area contributed by atoms with E-state index in [1.807, 2.05) is 26.8 Å². The summed E-state index contributed by atoms with van der Waals surface area (Å²) in [6.45, 7) is 7.59. The molecule has 2 amide bonds. The molecule has 1 heterocycles. The first-order valence-corrected chi connectivity index (χ1v) is 12.0. The summed E-state index contributed by atoms with van der Waals surface area (Å²) < 4.78 is 6.67. The predicted molar refractivity (Wildman–Crippen MR) is 142 cm³/mol. The standard InChI is InChI=1S/C26H30ClN5O5/c1-17-10-11-18(14-21(17)32(35)36)25(34)30(12-13-37-5)16-24(33)28-23-15-22(26(2,3)4)29-31(23)20-9-7-6-8-19(20)27/h6-11,14-15H,12-13,16H2,1-5H3,(H,28,33). The number of nitrogens with zero attached hydrogens (tertiary/aromatic N) is 4. The number of halogens is 1. The Hall–Kier alpha value is -3.76. The molecule has 10 nitrogen and oxygen atoms in total. The summed E-state index contributed by atoms with van der Waals surface area (Å²) in [5.74, 6) is -0.599. The van der Waals surface area contributed by atoms with E-state index in [2.05, 4.69) is 10.4 Å². The monoisotopic (exact) mass is 527 g/mol. The van der Waals surface area contributed by atoms with Crippen LogP contribution in [0.2, 0.25) is 5.02 Å². The van der Waals surface area contributed by atoms with Crippen LogP contribution in [0.3, 0.4) is 0 Å². The van der Waals surface area contributed by atoms with E-state index in [4.69, 9.17) is 16.3 Å². The van der Waals surface area contributed by atoms with Crippen molar-refractivity contribution in [1.29, 1.82) is 0 Å². The molecule has 0 radical (unpaired) electrons. The lowest BCUT2D eigenvalue weighted by atomic mass is 9.92. The molecule has 0 aliphatic heterocycles. The number of benzene rings is 2. The fourth-order valence-corrected chi connectivity index (χ4v) is 3.79. The van der Waals surface area contributed by atoms with Crippen molar-refractivity contribution in [2.45, 2.75) is 33.1 Å². The third-order valence-electron chi connectivity index (χ3n) is 5.67. The fourth-order valence-electron chi connectivity index (χ4n) is 3.58. The van der Waals surface area contributed by atoms with Crippen LogP contribution >= 0.6 is 11.6 Å². The SMILES string of the molecule is COCCN(CC(=O)Nc1cc(C(C)(C)C)nn1-c1ccccc1Cl)C(=O)c1ccc(C)c([N+](=O)[O-])c1. The molecule has 0 spiro atoms. The van der Waals surface area contributed by atoms with E-state index in [1.165, 1.54) is 30.2 Å². The van der Waals surface area contributed by atoms with E-state index in [0.717, 1.165) is 5.69 Å². The Morgan fingerprint density at radius 1 is 1.19 bits per heavy atom. The Morgan fingerprint density at radius 2 is 1.89 bits per heavy atom. The molecule has 11 heteroatoms. The molecule has 0 bridgehead atoms. The molecule has 3 rings (SSSR count). The topological polar surface area (TPSA) is 120 Å². The number of ether oxygens (including phenoxy) is 1. The molecular formula is C26H30ClN5O5. The number of para-hydroxylation sites is 1. The number of amides is 2. The van der Waals surface area contributed by atoms with Gasteiger partial charge < -0.3 is 15.0 Å². The molecule has 0 aliphatic rings. The van der Waals surface area contributed by atoms with E-state index in [1.54, 1.807) is 35.9 Å². The van der Waals surface area contributed by atoms with Crippen molar-refractivity contribution in [3.63, 3.8) is 0 Å². The highest BCUT2D eigenvalue weighted by atomic mass is 35.5. The van der Waals surface area contributed by atoms with E-state index in [9.17, 15) is 19.7 Å². The average molecular weight is 528 g/mol. The smallest absolute Gasteiger partial charge is 0.273 e. The van der Waals surface area contributed by atoms with Gasteiger partial charge in [0.2, 0.25) is 5.91 Å². The lowest BCUT2D eigenvalue weighted by Crippen LogP contribution is -2.40. The number of hydrogen-bond acceptors (Lipinski definition) is 6. The van der Waals surface area contributed by atoms with Crippen LogP contribution in [0.15, 0.2) is 48.5 Å². The largest absolute Gasteiger partial charge is 0.383 e. The summed E-state index contributed by atoms with van der Waals surface area (Å²) in [5, 5.41) is 19.3. The number of carbonyl (C=O) groups is 2. The second-order valence-electron chi connectivity index (χ2n) is 9.55. The van der Waals surface area contributed by atoms with Gasteiger partial charge in [-0.15, -0.1) is 0 Å². The fraction of sp³-hybridized carbons (Fsp3) is 0.346. The zero-order valence-electron chi connectivity index (χ0n) is 21.4. The van der Waals surface area contributed by atoms with E-state index in [-0.39, 0.29) is 36.4 Å². The van der Waals surface area contributed by atoms with Gasteiger partial charge in [-0.1, -0.05) is 50.6 Å². The third-order valence-corrected chi connectivity index (χ3v) is 5.99. The second-order valence-corrected chi connectivity index (χ2v) is 9.96. The van der Waals surface area contributed by atoms with Crippen LogP contribution in [0, 0.1) is 17.0 Å². The van der Waals surface area contributed by atoms with Crippen molar-refractivity contribution >= 4 is 34.9 Å². The van der Waals surface area contributed by atoms with Crippen molar-refractivity contribution in [3.8, 4) is 5.69 Å². The summed E-state index contributed by atoms with van der Waals surface area (Å²) in [6.07, 6.45) is 0. The number of methoxy groups -OCH3 is 1.